The Labute approximate surface area is 113 Å². The van der Waals surface area contributed by atoms with Gasteiger partial charge in [0.2, 0.25) is 0 Å². The molecular formula is C13H13F4NO2. The van der Waals surface area contributed by atoms with Crippen LogP contribution in [0.4, 0.5) is 17.6 Å². The Bertz CT molecular complexity index is 540. The van der Waals surface area contributed by atoms with Crippen molar-refractivity contribution in [2.45, 2.75) is 13.1 Å². The Morgan fingerprint density at radius 2 is 2.05 bits per heavy atom. The monoisotopic (exact) mass is 291 g/mol. The lowest BCUT2D eigenvalue weighted by Crippen LogP contribution is -2.23. The first-order valence-corrected chi connectivity index (χ1v) is 5.93. The molecule has 2 rings (SSSR count). The van der Waals surface area contributed by atoms with Crippen molar-refractivity contribution >= 4 is 5.76 Å². The molecule has 1 N–H and O–H groups in total. The number of aliphatic hydroxyl groups excluding tert-OH is 1. The zero-order valence-electron chi connectivity index (χ0n) is 10.7. The highest BCUT2D eigenvalue weighted by atomic mass is 19.4. The van der Waals surface area contributed by atoms with Crippen LogP contribution in [0.3, 0.4) is 0 Å². The van der Waals surface area contributed by atoms with Crippen LogP contribution in [0.15, 0.2) is 23.8 Å². The van der Waals surface area contributed by atoms with Gasteiger partial charge < -0.3 is 9.94 Å². The molecule has 7 heteroatoms. The first-order chi connectivity index (χ1) is 9.32. The van der Waals surface area contributed by atoms with Crippen LogP contribution in [0.1, 0.15) is 18.1 Å². The molecule has 3 nitrogen and oxygen atoms in total. The van der Waals surface area contributed by atoms with Gasteiger partial charge in [-0.05, 0) is 24.6 Å². The van der Waals surface area contributed by atoms with Crippen LogP contribution >= 0.6 is 0 Å². The molecule has 0 unspecified atom stereocenters. The van der Waals surface area contributed by atoms with E-state index in [2.05, 4.69) is 0 Å². The van der Waals surface area contributed by atoms with E-state index in [0.29, 0.717) is 18.4 Å². The van der Waals surface area contributed by atoms with Gasteiger partial charge in [-0.1, -0.05) is 6.07 Å². The van der Waals surface area contributed by atoms with Crippen LogP contribution in [0.2, 0.25) is 0 Å². The summed E-state index contributed by atoms with van der Waals surface area (Å²) in [5.41, 5.74) is -0.296. The maximum Gasteiger partial charge on any atom is 0.419 e. The molecule has 110 valence electrons. The van der Waals surface area contributed by atoms with E-state index >= 15 is 0 Å². The minimum Gasteiger partial charge on any atom is -0.405 e. The third kappa shape index (κ3) is 2.94. The number of hydrogen-bond acceptors (Lipinski definition) is 3. The quantitative estimate of drug-likeness (QED) is 0.869. The van der Waals surface area contributed by atoms with Crippen molar-refractivity contribution in [1.82, 2.24) is 5.06 Å². The minimum absolute atomic E-state index is 0.109. The van der Waals surface area contributed by atoms with Crippen LogP contribution in [0, 0.1) is 5.82 Å². The van der Waals surface area contributed by atoms with Gasteiger partial charge in [-0.15, -0.1) is 5.06 Å². The number of hydrogen-bond donors (Lipinski definition) is 1. The van der Waals surface area contributed by atoms with Gasteiger partial charge >= 0.3 is 6.18 Å². The highest BCUT2D eigenvalue weighted by molar-refractivity contribution is 5.64. The number of benzene rings is 1. The average molecular weight is 291 g/mol. The van der Waals surface area contributed by atoms with E-state index < -0.39 is 17.6 Å². The second kappa shape index (κ2) is 5.41. The maximum absolute atomic E-state index is 13.5. The lowest BCUT2D eigenvalue weighted by molar-refractivity contribution is -0.140. The molecule has 0 amide bonds. The summed E-state index contributed by atoms with van der Waals surface area (Å²) < 4.78 is 51.0. The largest absolute Gasteiger partial charge is 0.419 e. The molecule has 0 spiro atoms. The predicted octanol–water partition coefficient (Wildman–Crippen LogP) is 2.82. The van der Waals surface area contributed by atoms with Crippen molar-refractivity contribution in [2.24, 2.45) is 0 Å². The predicted molar refractivity (Wildman–Crippen MR) is 63.7 cm³/mol. The Kier molecular flexibility index (Phi) is 4.01. The van der Waals surface area contributed by atoms with Gasteiger partial charge in [0, 0.05) is 5.56 Å². The number of nitrogens with zero attached hydrogens (tertiary/aromatic N) is 1. The van der Waals surface area contributed by atoms with Crippen molar-refractivity contribution in [3.63, 3.8) is 0 Å². The van der Waals surface area contributed by atoms with Crippen molar-refractivity contribution < 1.29 is 27.5 Å². The molecule has 0 aliphatic carbocycles. The number of aliphatic hydroxyl groups is 1. The van der Waals surface area contributed by atoms with Gasteiger partial charge in [0.05, 0.1) is 25.3 Å². The molecule has 1 aromatic rings. The number of hydroxylamine groups is 2. The van der Waals surface area contributed by atoms with Crippen molar-refractivity contribution in [3.05, 3.63) is 40.7 Å². The molecule has 0 saturated heterocycles. The first-order valence-electron chi connectivity index (χ1n) is 5.93. The first kappa shape index (κ1) is 14.8. The summed E-state index contributed by atoms with van der Waals surface area (Å²) in [5, 5.41) is 10.3. The lowest BCUT2D eigenvalue weighted by Gasteiger charge is -2.15. The Balaban J connectivity index is 2.27. The van der Waals surface area contributed by atoms with E-state index in [1.807, 2.05) is 0 Å². The van der Waals surface area contributed by atoms with Gasteiger partial charge in [-0.3, -0.25) is 0 Å². The Morgan fingerprint density at radius 1 is 1.35 bits per heavy atom. The molecule has 1 heterocycles. The highest BCUT2D eigenvalue weighted by Crippen LogP contribution is 2.34. The van der Waals surface area contributed by atoms with Crippen LogP contribution in [0.5, 0.6) is 0 Å². The van der Waals surface area contributed by atoms with E-state index in [1.54, 1.807) is 6.92 Å². The van der Waals surface area contributed by atoms with Gasteiger partial charge in [-0.2, -0.15) is 13.2 Å². The van der Waals surface area contributed by atoms with Crippen molar-refractivity contribution in [3.8, 4) is 0 Å². The number of β-amino-alcohol motifs (C(OH)–C–C–N with tert-alkyl or cyclic N) is 1. The Morgan fingerprint density at radius 3 is 2.60 bits per heavy atom. The SMILES string of the molecule is CC1=C(c2ccc(C(F)(F)F)c(F)c2)ON(CCO)C1. The van der Waals surface area contributed by atoms with E-state index in [1.165, 1.54) is 11.1 Å². The normalized spacial score (nSPS) is 16.7. The summed E-state index contributed by atoms with van der Waals surface area (Å²) in [7, 11) is 0. The van der Waals surface area contributed by atoms with Crippen molar-refractivity contribution in [2.75, 3.05) is 19.7 Å². The zero-order chi connectivity index (χ0) is 14.9. The molecule has 0 radical (unpaired) electrons. The highest BCUT2D eigenvalue weighted by Gasteiger charge is 2.34. The fourth-order valence-electron chi connectivity index (χ4n) is 2.00. The topological polar surface area (TPSA) is 32.7 Å². The van der Waals surface area contributed by atoms with Crippen LogP contribution in [0.25, 0.3) is 5.76 Å². The summed E-state index contributed by atoms with van der Waals surface area (Å²) >= 11 is 0. The summed E-state index contributed by atoms with van der Waals surface area (Å²) in [6.45, 7) is 2.31. The minimum atomic E-state index is -4.72. The summed E-state index contributed by atoms with van der Waals surface area (Å²) in [5.74, 6) is -1.01. The molecule has 20 heavy (non-hydrogen) atoms. The van der Waals surface area contributed by atoms with Gasteiger partial charge in [0.15, 0.2) is 5.76 Å². The second-order valence-corrected chi connectivity index (χ2v) is 4.48. The molecular weight excluding hydrogens is 278 g/mol. The molecule has 1 aliphatic rings. The lowest BCUT2D eigenvalue weighted by atomic mass is 10.1. The average Bonchev–Trinajstić information content (AvgIpc) is 2.69. The molecule has 0 fully saturated rings. The van der Waals surface area contributed by atoms with Gasteiger partial charge in [0.25, 0.3) is 0 Å². The summed E-state index contributed by atoms with van der Waals surface area (Å²) in [6, 6.07) is 2.68. The van der Waals surface area contributed by atoms with Gasteiger partial charge in [-0.25, -0.2) is 4.39 Å². The summed E-state index contributed by atoms with van der Waals surface area (Å²) in [4.78, 5) is 5.39. The van der Waals surface area contributed by atoms with E-state index in [4.69, 9.17) is 9.94 Å². The number of halogens is 4. The Hall–Kier alpha value is -1.60. The van der Waals surface area contributed by atoms with Crippen molar-refractivity contribution in [1.29, 1.82) is 0 Å². The van der Waals surface area contributed by atoms with E-state index in [0.717, 1.165) is 11.6 Å². The van der Waals surface area contributed by atoms with Crippen LogP contribution < -0.4 is 0 Å². The van der Waals surface area contributed by atoms with E-state index in [-0.39, 0.29) is 18.7 Å². The maximum atomic E-state index is 13.5. The fourth-order valence-corrected chi connectivity index (χ4v) is 2.00. The molecule has 1 aliphatic heterocycles. The smallest absolute Gasteiger partial charge is 0.405 e. The standard InChI is InChI=1S/C13H13F4NO2/c1-8-7-18(4-5-19)20-12(8)9-2-3-10(11(14)6-9)13(15,16)17/h2-3,6,19H,4-5,7H2,1H3. The molecule has 0 bridgehead atoms. The van der Waals surface area contributed by atoms with Crippen LogP contribution in [-0.4, -0.2) is 29.9 Å². The third-order valence-corrected chi connectivity index (χ3v) is 2.91. The molecule has 1 aromatic carbocycles. The van der Waals surface area contributed by atoms with Gasteiger partial charge in [0.1, 0.15) is 5.82 Å². The van der Waals surface area contributed by atoms with Crippen LogP contribution in [-0.2, 0) is 11.0 Å². The second-order valence-electron chi connectivity index (χ2n) is 4.48. The van der Waals surface area contributed by atoms with E-state index in [9.17, 15) is 17.6 Å². The molecule has 0 saturated carbocycles. The number of rotatable bonds is 3. The molecule has 0 atom stereocenters. The molecule has 0 aromatic heterocycles. The number of alkyl halides is 3. The summed E-state index contributed by atoms with van der Waals surface area (Å²) in [6.07, 6.45) is -4.72. The third-order valence-electron chi connectivity index (χ3n) is 2.91. The fraction of sp³-hybridized carbons (Fsp3) is 0.385. The zero-order valence-corrected chi connectivity index (χ0v) is 10.7.